The van der Waals surface area contributed by atoms with Crippen LogP contribution in [0, 0.1) is 0 Å². The molecule has 3 heteroatoms. The maximum Gasteiger partial charge on any atom is 0.189 e. The van der Waals surface area contributed by atoms with Crippen molar-refractivity contribution in [1.29, 1.82) is 0 Å². The Morgan fingerprint density at radius 3 is 2.26 bits per heavy atom. The predicted molar refractivity (Wildman–Crippen MR) is 111 cm³/mol. The second kappa shape index (κ2) is 8.86. The first-order valence-corrected chi connectivity index (χ1v) is 8.89. The standard InChI is InChI=1S/C24H23NO2/c1-25(2)21-15-12-19(13-16-21)14-17-23(26)22-10-6-7-11-24(22)27-18-20-8-4-3-5-9-20/h3-17H,18H2,1-2H3. The number of benzene rings is 3. The Hall–Kier alpha value is -3.33. The maximum atomic E-state index is 12.7. The van der Waals surface area contributed by atoms with E-state index < -0.39 is 0 Å². The van der Waals surface area contributed by atoms with Crippen molar-refractivity contribution in [3.8, 4) is 5.75 Å². The summed E-state index contributed by atoms with van der Waals surface area (Å²) in [4.78, 5) is 14.7. The van der Waals surface area contributed by atoms with Crippen molar-refractivity contribution in [3.63, 3.8) is 0 Å². The molecule has 0 amide bonds. The largest absolute Gasteiger partial charge is 0.488 e. The van der Waals surface area contributed by atoms with E-state index in [1.54, 1.807) is 12.1 Å². The van der Waals surface area contributed by atoms with Crippen LogP contribution in [0.25, 0.3) is 6.08 Å². The lowest BCUT2D eigenvalue weighted by Gasteiger charge is -2.11. The molecule has 0 atom stereocenters. The Bertz CT molecular complexity index is 913. The first-order valence-electron chi connectivity index (χ1n) is 8.89. The molecule has 0 aliphatic carbocycles. The molecule has 0 N–H and O–H groups in total. The number of nitrogens with zero attached hydrogens (tertiary/aromatic N) is 1. The van der Waals surface area contributed by atoms with Crippen LogP contribution < -0.4 is 9.64 Å². The zero-order valence-electron chi connectivity index (χ0n) is 15.6. The van der Waals surface area contributed by atoms with Crippen LogP contribution in [0.2, 0.25) is 0 Å². The number of allylic oxidation sites excluding steroid dienone is 1. The van der Waals surface area contributed by atoms with E-state index in [0.29, 0.717) is 17.9 Å². The summed E-state index contributed by atoms with van der Waals surface area (Å²) in [6, 6.07) is 25.3. The Morgan fingerprint density at radius 2 is 1.56 bits per heavy atom. The zero-order chi connectivity index (χ0) is 19.1. The van der Waals surface area contributed by atoms with Gasteiger partial charge in [0, 0.05) is 19.8 Å². The molecule has 0 aromatic heterocycles. The number of carbonyl (C=O) groups is 1. The average Bonchev–Trinajstić information content (AvgIpc) is 2.71. The Labute approximate surface area is 160 Å². The number of hydrogen-bond donors (Lipinski definition) is 0. The van der Waals surface area contributed by atoms with Gasteiger partial charge in [-0.1, -0.05) is 60.7 Å². The molecule has 0 unspecified atom stereocenters. The van der Waals surface area contributed by atoms with E-state index >= 15 is 0 Å². The van der Waals surface area contributed by atoms with Crippen LogP contribution in [-0.2, 0) is 6.61 Å². The fraction of sp³-hybridized carbons (Fsp3) is 0.125. The monoisotopic (exact) mass is 357 g/mol. The fourth-order valence-corrected chi connectivity index (χ4v) is 2.68. The summed E-state index contributed by atoms with van der Waals surface area (Å²) in [5.74, 6) is 0.523. The highest BCUT2D eigenvalue weighted by Gasteiger charge is 2.09. The van der Waals surface area contributed by atoms with E-state index in [2.05, 4.69) is 0 Å². The molecule has 3 nitrogen and oxygen atoms in total. The Morgan fingerprint density at radius 1 is 0.889 bits per heavy atom. The maximum absolute atomic E-state index is 12.7. The molecular formula is C24H23NO2. The molecule has 0 saturated heterocycles. The van der Waals surface area contributed by atoms with Gasteiger partial charge < -0.3 is 9.64 Å². The summed E-state index contributed by atoms with van der Waals surface area (Å²) in [5, 5.41) is 0. The van der Waals surface area contributed by atoms with Crippen molar-refractivity contribution in [2.75, 3.05) is 19.0 Å². The van der Waals surface area contributed by atoms with E-state index in [0.717, 1.165) is 16.8 Å². The number of anilines is 1. The lowest BCUT2D eigenvalue weighted by atomic mass is 10.1. The van der Waals surface area contributed by atoms with Crippen molar-refractivity contribution in [3.05, 3.63) is 102 Å². The highest BCUT2D eigenvalue weighted by molar-refractivity contribution is 6.08. The summed E-state index contributed by atoms with van der Waals surface area (Å²) >= 11 is 0. The fourth-order valence-electron chi connectivity index (χ4n) is 2.68. The molecule has 3 rings (SSSR count). The molecule has 0 aliphatic heterocycles. The number of carbonyl (C=O) groups excluding carboxylic acids is 1. The molecule has 136 valence electrons. The van der Waals surface area contributed by atoms with Gasteiger partial charge in [-0.15, -0.1) is 0 Å². The quantitative estimate of drug-likeness (QED) is 0.428. The van der Waals surface area contributed by atoms with Gasteiger partial charge in [0.25, 0.3) is 0 Å². The normalized spacial score (nSPS) is 10.7. The molecule has 3 aromatic carbocycles. The zero-order valence-corrected chi connectivity index (χ0v) is 15.6. The summed E-state index contributed by atoms with van der Waals surface area (Å²) in [5.41, 5.74) is 3.74. The van der Waals surface area contributed by atoms with Crippen LogP contribution in [0.4, 0.5) is 5.69 Å². The minimum Gasteiger partial charge on any atom is -0.488 e. The SMILES string of the molecule is CN(C)c1ccc(C=CC(=O)c2ccccc2OCc2ccccc2)cc1. The van der Waals surface area contributed by atoms with Gasteiger partial charge in [-0.3, -0.25) is 4.79 Å². The predicted octanol–water partition coefficient (Wildman–Crippen LogP) is 5.23. The van der Waals surface area contributed by atoms with Gasteiger partial charge in [0.05, 0.1) is 5.56 Å². The molecule has 0 bridgehead atoms. The van der Waals surface area contributed by atoms with Gasteiger partial charge in [0.1, 0.15) is 12.4 Å². The second-order valence-electron chi connectivity index (χ2n) is 6.45. The van der Waals surface area contributed by atoms with Crippen LogP contribution in [-0.4, -0.2) is 19.9 Å². The lowest BCUT2D eigenvalue weighted by molar-refractivity contribution is 0.104. The minimum absolute atomic E-state index is 0.0738. The van der Waals surface area contributed by atoms with Gasteiger partial charge >= 0.3 is 0 Å². The topological polar surface area (TPSA) is 29.5 Å². The van der Waals surface area contributed by atoms with E-state index in [9.17, 15) is 4.79 Å². The van der Waals surface area contributed by atoms with Crippen LogP contribution in [0.1, 0.15) is 21.5 Å². The summed E-state index contributed by atoms with van der Waals surface area (Å²) in [6.07, 6.45) is 3.42. The third-order valence-electron chi connectivity index (χ3n) is 4.23. The smallest absolute Gasteiger partial charge is 0.189 e. The lowest BCUT2D eigenvalue weighted by Crippen LogP contribution is -2.07. The molecule has 0 spiro atoms. The van der Waals surface area contributed by atoms with Crippen molar-refractivity contribution in [2.45, 2.75) is 6.61 Å². The van der Waals surface area contributed by atoms with Crippen LogP contribution in [0.3, 0.4) is 0 Å². The third kappa shape index (κ3) is 5.08. The van der Waals surface area contributed by atoms with E-state index in [1.807, 2.05) is 97.9 Å². The first kappa shape index (κ1) is 18.5. The first-order chi connectivity index (χ1) is 13.1. The third-order valence-corrected chi connectivity index (χ3v) is 4.23. The number of rotatable bonds is 7. The Balaban J connectivity index is 1.71. The molecule has 3 aromatic rings. The molecule has 0 saturated carbocycles. The van der Waals surface area contributed by atoms with Crippen molar-refractivity contribution in [1.82, 2.24) is 0 Å². The summed E-state index contributed by atoms with van der Waals surface area (Å²) in [7, 11) is 4.00. The van der Waals surface area contributed by atoms with Gasteiger partial charge in [-0.25, -0.2) is 0 Å². The van der Waals surface area contributed by atoms with Crippen LogP contribution >= 0.6 is 0 Å². The van der Waals surface area contributed by atoms with E-state index in [4.69, 9.17) is 4.74 Å². The Kier molecular flexibility index (Phi) is 6.06. The minimum atomic E-state index is -0.0738. The van der Waals surface area contributed by atoms with Crippen LogP contribution in [0.5, 0.6) is 5.75 Å². The number of ketones is 1. The number of hydrogen-bond acceptors (Lipinski definition) is 3. The van der Waals surface area contributed by atoms with E-state index in [-0.39, 0.29) is 5.78 Å². The molecule has 0 heterocycles. The molecule has 27 heavy (non-hydrogen) atoms. The van der Waals surface area contributed by atoms with Gasteiger partial charge in [0.15, 0.2) is 5.78 Å². The van der Waals surface area contributed by atoms with Gasteiger partial charge in [-0.05, 0) is 41.5 Å². The highest BCUT2D eigenvalue weighted by atomic mass is 16.5. The molecule has 0 radical (unpaired) electrons. The average molecular weight is 357 g/mol. The molecular weight excluding hydrogens is 334 g/mol. The number of para-hydroxylation sites is 1. The summed E-state index contributed by atoms with van der Waals surface area (Å²) < 4.78 is 5.88. The molecule has 0 aliphatic rings. The van der Waals surface area contributed by atoms with Crippen LogP contribution in [0.15, 0.2) is 84.9 Å². The van der Waals surface area contributed by atoms with Crippen molar-refractivity contribution < 1.29 is 9.53 Å². The number of ether oxygens (including phenoxy) is 1. The van der Waals surface area contributed by atoms with Gasteiger partial charge in [0.2, 0.25) is 0 Å². The van der Waals surface area contributed by atoms with Crippen molar-refractivity contribution >= 4 is 17.5 Å². The van der Waals surface area contributed by atoms with Gasteiger partial charge in [-0.2, -0.15) is 0 Å². The summed E-state index contributed by atoms with van der Waals surface area (Å²) in [6.45, 7) is 0.431. The molecule has 0 fully saturated rings. The second-order valence-corrected chi connectivity index (χ2v) is 6.45. The highest BCUT2D eigenvalue weighted by Crippen LogP contribution is 2.21. The van der Waals surface area contributed by atoms with Crippen molar-refractivity contribution in [2.24, 2.45) is 0 Å². The van der Waals surface area contributed by atoms with E-state index in [1.165, 1.54) is 0 Å².